The molecule has 1 aromatic rings. The fourth-order valence-electron chi connectivity index (χ4n) is 1.17. The maximum atomic E-state index is 12.9. The summed E-state index contributed by atoms with van der Waals surface area (Å²) in [6, 6.07) is 4.04. The lowest BCUT2D eigenvalue weighted by Gasteiger charge is -2.04. The second kappa shape index (κ2) is 4.68. The summed E-state index contributed by atoms with van der Waals surface area (Å²) in [6.07, 6.45) is 0. The normalized spacial score (nSPS) is 9.80. The fraction of sp³-hybridized carbons (Fsp3) is 0.273. The van der Waals surface area contributed by atoms with Crippen molar-refractivity contribution in [1.82, 2.24) is 5.32 Å². The van der Waals surface area contributed by atoms with E-state index in [1.54, 1.807) is 13.0 Å². The molecule has 0 heterocycles. The van der Waals surface area contributed by atoms with Gasteiger partial charge in [-0.1, -0.05) is 0 Å². The quantitative estimate of drug-likeness (QED) is 0.819. The van der Waals surface area contributed by atoms with Crippen LogP contribution >= 0.6 is 0 Å². The van der Waals surface area contributed by atoms with Crippen molar-refractivity contribution < 1.29 is 14.0 Å². The van der Waals surface area contributed by atoms with E-state index in [0.717, 1.165) is 6.07 Å². The van der Waals surface area contributed by atoms with E-state index in [1.165, 1.54) is 13.0 Å². The summed E-state index contributed by atoms with van der Waals surface area (Å²) in [5.74, 6) is -1.03. The highest BCUT2D eigenvalue weighted by atomic mass is 19.1. The number of halogens is 1. The van der Waals surface area contributed by atoms with Crippen LogP contribution < -0.4 is 5.32 Å². The highest BCUT2D eigenvalue weighted by Crippen LogP contribution is 2.07. The number of amides is 1. The Labute approximate surface area is 87.3 Å². The first-order valence-electron chi connectivity index (χ1n) is 4.54. The summed E-state index contributed by atoms with van der Waals surface area (Å²) in [4.78, 5) is 22.0. The second-order valence-electron chi connectivity index (χ2n) is 3.40. The van der Waals surface area contributed by atoms with Crippen LogP contribution in [0.3, 0.4) is 0 Å². The van der Waals surface area contributed by atoms with Gasteiger partial charge in [-0.15, -0.1) is 0 Å². The molecule has 1 N–H and O–H groups in total. The number of rotatable bonds is 3. The maximum Gasteiger partial charge on any atom is 0.251 e. The highest BCUT2D eigenvalue weighted by Gasteiger charge is 2.07. The van der Waals surface area contributed by atoms with Crippen LogP contribution in [0.25, 0.3) is 0 Å². The van der Waals surface area contributed by atoms with Crippen molar-refractivity contribution in [3.63, 3.8) is 0 Å². The first kappa shape index (κ1) is 11.4. The number of aryl methyl sites for hydroxylation is 1. The van der Waals surface area contributed by atoms with E-state index in [2.05, 4.69) is 5.32 Å². The molecule has 80 valence electrons. The van der Waals surface area contributed by atoms with E-state index in [4.69, 9.17) is 0 Å². The van der Waals surface area contributed by atoms with Gasteiger partial charge in [0, 0.05) is 5.56 Å². The summed E-state index contributed by atoms with van der Waals surface area (Å²) < 4.78 is 12.9. The van der Waals surface area contributed by atoms with Crippen molar-refractivity contribution in [3.05, 3.63) is 35.1 Å². The van der Waals surface area contributed by atoms with Gasteiger partial charge in [0.1, 0.15) is 11.6 Å². The standard InChI is InChI=1S/C11H12FNO2/c1-7-3-9(5-10(12)4-7)11(15)13-6-8(2)14/h3-5H,6H2,1-2H3,(H,13,15). The van der Waals surface area contributed by atoms with Gasteiger partial charge in [0.2, 0.25) is 0 Å². The molecule has 1 amide bonds. The van der Waals surface area contributed by atoms with Crippen LogP contribution in [-0.4, -0.2) is 18.2 Å². The lowest BCUT2D eigenvalue weighted by molar-refractivity contribution is -0.116. The Bertz CT molecular complexity index is 381. The number of hydrogen-bond donors (Lipinski definition) is 1. The second-order valence-corrected chi connectivity index (χ2v) is 3.40. The van der Waals surface area contributed by atoms with Crippen LogP contribution in [0, 0.1) is 12.7 Å². The predicted octanol–water partition coefficient (Wildman–Crippen LogP) is 1.45. The average Bonchev–Trinajstić information content (AvgIpc) is 2.12. The van der Waals surface area contributed by atoms with Gasteiger partial charge in [0.25, 0.3) is 5.91 Å². The lowest BCUT2D eigenvalue weighted by atomic mass is 10.1. The molecule has 0 aliphatic heterocycles. The Hall–Kier alpha value is -1.71. The minimum absolute atomic E-state index is 0.0333. The first-order valence-corrected chi connectivity index (χ1v) is 4.54. The third-order valence-corrected chi connectivity index (χ3v) is 1.80. The van der Waals surface area contributed by atoms with Crippen LogP contribution in [-0.2, 0) is 4.79 Å². The molecule has 4 heteroatoms. The largest absolute Gasteiger partial charge is 0.345 e. The Kier molecular flexibility index (Phi) is 3.55. The molecule has 0 bridgehead atoms. The van der Waals surface area contributed by atoms with Gasteiger partial charge in [-0.25, -0.2) is 4.39 Å². The van der Waals surface area contributed by atoms with E-state index in [9.17, 15) is 14.0 Å². The van der Waals surface area contributed by atoms with E-state index in [0.29, 0.717) is 5.56 Å². The number of hydrogen-bond acceptors (Lipinski definition) is 2. The van der Waals surface area contributed by atoms with Crippen LogP contribution in [0.5, 0.6) is 0 Å². The van der Waals surface area contributed by atoms with Gasteiger partial charge in [-0.05, 0) is 37.6 Å². The first-order chi connectivity index (χ1) is 6.99. The highest BCUT2D eigenvalue weighted by molar-refractivity contribution is 5.96. The summed E-state index contributed by atoms with van der Waals surface area (Å²) in [5, 5.41) is 2.40. The molecule has 0 saturated carbocycles. The molecule has 0 radical (unpaired) electrons. The number of nitrogens with one attached hydrogen (secondary N) is 1. The zero-order chi connectivity index (χ0) is 11.4. The van der Waals surface area contributed by atoms with Crippen molar-refractivity contribution in [1.29, 1.82) is 0 Å². The Morgan fingerprint density at radius 1 is 1.33 bits per heavy atom. The molecule has 0 aromatic heterocycles. The molecule has 0 aliphatic carbocycles. The van der Waals surface area contributed by atoms with E-state index in [1.807, 2.05) is 0 Å². The third kappa shape index (κ3) is 3.50. The zero-order valence-electron chi connectivity index (χ0n) is 8.63. The average molecular weight is 209 g/mol. The number of carbonyl (C=O) groups excluding carboxylic acids is 2. The minimum Gasteiger partial charge on any atom is -0.345 e. The van der Waals surface area contributed by atoms with Crippen molar-refractivity contribution in [2.24, 2.45) is 0 Å². The molecule has 0 fully saturated rings. The maximum absolute atomic E-state index is 12.9. The fourth-order valence-corrected chi connectivity index (χ4v) is 1.17. The molecule has 0 aliphatic rings. The number of ketones is 1. The van der Waals surface area contributed by atoms with Crippen molar-refractivity contribution in [2.45, 2.75) is 13.8 Å². The number of Topliss-reactive ketones (excluding diaryl/α,β-unsaturated/α-hetero) is 1. The molecule has 0 saturated heterocycles. The van der Waals surface area contributed by atoms with Crippen molar-refractivity contribution >= 4 is 11.7 Å². The predicted molar refractivity (Wildman–Crippen MR) is 54.2 cm³/mol. The van der Waals surface area contributed by atoms with Crippen molar-refractivity contribution in [2.75, 3.05) is 6.54 Å². The molecule has 0 atom stereocenters. The molecule has 15 heavy (non-hydrogen) atoms. The molecule has 0 unspecified atom stereocenters. The monoisotopic (exact) mass is 209 g/mol. The molecular formula is C11H12FNO2. The molecule has 3 nitrogen and oxygen atoms in total. The van der Waals surface area contributed by atoms with Gasteiger partial charge < -0.3 is 5.32 Å². The Balaban J connectivity index is 2.77. The summed E-state index contributed by atoms with van der Waals surface area (Å²) in [5.41, 5.74) is 0.900. The third-order valence-electron chi connectivity index (χ3n) is 1.80. The molecular weight excluding hydrogens is 197 g/mol. The Morgan fingerprint density at radius 3 is 2.53 bits per heavy atom. The van der Waals surface area contributed by atoms with Gasteiger partial charge in [0.05, 0.1) is 6.54 Å². The molecule has 1 rings (SSSR count). The summed E-state index contributed by atoms with van der Waals surface area (Å²) in [7, 11) is 0. The summed E-state index contributed by atoms with van der Waals surface area (Å²) >= 11 is 0. The van der Waals surface area contributed by atoms with E-state index in [-0.39, 0.29) is 17.9 Å². The van der Waals surface area contributed by atoms with Crippen LogP contribution in [0.2, 0.25) is 0 Å². The minimum atomic E-state index is -0.456. The SMILES string of the molecule is CC(=O)CNC(=O)c1cc(C)cc(F)c1. The van der Waals surface area contributed by atoms with Gasteiger partial charge in [0.15, 0.2) is 0 Å². The summed E-state index contributed by atoms with van der Waals surface area (Å²) in [6.45, 7) is 3.04. The van der Waals surface area contributed by atoms with Gasteiger partial charge >= 0.3 is 0 Å². The molecule has 0 spiro atoms. The Morgan fingerprint density at radius 2 is 2.00 bits per heavy atom. The van der Waals surface area contributed by atoms with Crippen molar-refractivity contribution in [3.8, 4) is 0 Å². The van der Waals surface area contributed by atoms with Crippen LogP contribution in [0.4, 0.5) is 4.39 Å². The van der Waals surface area contributed by atoms with E-state index >= 15 is 0 Å². The smallest absolute Gasteiger partial charge is 0.251 e. The van der Waals surface area contributed by atoms with Crippen LogP contribution in [0.15, 0.2) is 18.2 Å². The lowest BCUT2D eigenvalue weighted by Crippen LogP contribution is -2.28. The topological polar surface area (TPSA) is 46.2 Å². The van der Waals surface area contributed by atoms with Gasteiger partial charge in [-0.2, -0.15) is 0 Å². The number of carbonyl (C=O) groups is 2. The van der Waals surface area contributed by atoms with Crippen LogP contribution in [0.1, 0.15) is 22.8 Å². The van der Waals surface area contributed by atoms with Gasteiger partial charge in [-0.3, -0.25) is 9.59 Å². The molecule has 1 aromatic carbocycles. The van der Waals surface area contributed by atoms with E-state index < -0.39 is 11.7 Å². The zero-order valence-corrected chi connectivity index (χ0v) is 8.63. The number of benzene rings is 1.